The molecule has 0 spiro atoms. The average molecular weight is 370 g/mol. The van der Waals surface area contributed by atoms with Gasteiger partial charge in [0.15, 0.2) is 0 Å². The molecule has 3 heterocycles. The summed E-state index contributed by atoms with van der Waals surface area (Å²) in [5.74, 6) is -0.272. The lowest BCUT2D eigenvalue weighted by atomic mass is 10.1. The Hall–Kier alpha value is -2.74. The highest BCUT2D eigenvalue weighted by molar-refractivity contribution is 5.88. The van der Waals surface area contributed by atoms with E-state index in [2.05, 4.69) is 20.7 Å². The van der Waals surface area contributed by atoms with Crippen LogP contribution < -0.4 is 10.6 Å². The SMILES string of the molecule is Cc1nn(CC(=O)N2CCNCC2C(=O)NCc2ccccn2)c(C)c1C. The lowest BCUT2D eigenvalue weighted by Crippen LogP contribution is -2.60. The van der Waals surface area contributed by atoms with E-state index in [1.165, 1.54) is 0 Å². The van der Waals surface area contributed by atoms with Crippen LogP contribution in [0.25, 0.3) is 0 Å². The third-order valence-electron chi connectivity index (χ3n) is 5.06. The number of piperazine rings is 1. The van der Waals surface area contributed by atoms with Gasteiger partial charge in [0.2, 0.25) is 11.8 Å². The number of pyridine rings is 1. The van der Waals surface area contributed by atoms with Gasteiger partial charge in [0.1, 0.15) is 12.6 Å². The zero-order valence-electron chi connectivity index (χ0n) is 16.0. The Morgan fingerprint density at radius 1 is 1.30 bits per heavy atom. The van der Waals surface area contributed by atoms with E-state index >= 15 is 0 Å². The summed E-state index contributed by atoms with van der Waals surface area (Å²) in [6.45, 7) is 7.98. The zero-order valence-corrected chi connectivity index (χ0v) is 16.0. The molecular formula is C19H26N6O2. The van der Waals surface area contributed by atoms with Crippen LogP contribution >= 0.6 is 0 Å². The van der Waals surface area contributed by atoms with Gasteiger partial charge in [-0.1, -0.05) is 6.07 Å². The van der Waals surface area contributed by atoms with E-state index in [0.29, 0.717) is 26.2 Å². The molecule has 27 heavy (non-hydrogen) atoms. The third kappa shape index (κ3) is 4.33. The Balaban J connectivity index is 1.66. The normalized spacial score (nSPS) is 17.0. The Labute approximate surface area is 159 Å². The highest BCUT2D eigenvalue weighted by Crippen LogP contribution is 2.12. The summed E-state index contributed by atoms with van der Waals surface area (Å²) in [7, 11) is 0. The molecule has 8 heteroatoms. The molecule has 1 unspecified atom stereocenters. The van der Waals surface area contributed by atoms with Crippen LogP contribution in [0, 0.1) is 20.8 Å². The number of amides is 2. The first-order valence-electron chi connectivity index (χ1n) is 9.15. The molecule has 1 saturated heterocycles. The Morgan fingerprint density at radius 3 is 2.78 bits per heavy atom. The van der Waals surface area contributed by atoms with Gasteiger partial charge in [0.25, 0.3) is 0 Å². The molecule has 1 fully saturated rings. The number of nitrogens with one attached hydrogen (secondary N) is 2. The van der Waals surface area contributed by atoms with Crippen molar-refractivity contribution < 1.29 is 9.59 Å². The quantitative estimate of drug-likeness (QED) is 0.791. The maximum atomic E-state index is 12.9. The summed E-state index contributed by atoms with van der Waals surface area (Å²) in [6.07, 6.45) is 1.69. The van der Waals surface area contributed by atoms with Crippen LogP contribution in [0.3, 0.4) is 0 Å². The molecule has 1 atom stereocenters. The van der Waals surface area contributed by atoms with Crippen LogP contribution in [0.2, 0.25) is 0 Å². The summed E-state index contributed by atoms with van der Waals surface area (Å²) in [4.78, 5) is 31.4. The van der Waals surface area contributed by atoms with Crippen LogP contribution in [0.1, 0.15) is 22.6 Å². The minimum atomic E-state index is -0.534. The van der Waals surface area contributed by atoms with E-state index < -0.39 is 6.04 Å². The Morgan fingerprint density at radius 2 is 2.11 bits per heavy atom. The van der Waals surface area contributed by atoms with Crippen molar-refractivity contribution in [2.45, 2.75) is 39.9 Å². The highest BCUT2D eigenvalue weighted by atomic mass is 16.2. The molecule has 2 aromatic heterocycles. The van der Waals surface area contributed by atoms with E-state index in [0.717, 1.165) is 22.6 Å². The molecule has 0 aliphatic carbocycles. The van der Waals surface area contributed by atoms with Crippen LogP contribution in [0.5, 0.6) is 0 Å². The summed E-state index contributed by atoms with van der Waals surface area (Å²) in [5, 5.41) is 10.5. The van der Waals surface area contributed by atoms with Gasteiger partial charge in [-0.3, -0.25) is 19.3 Å². The van der Waals surface area contributed by atoms with Crippen LogP contribution in [-0.2, 0) is 22.7 Å². The van der Waals surface area contributed by atoms with E-state index in [9.17, 15) is 9.59 Å². The summed E-state index contributed by atoms with van der Waals surface area (Å²) < 4.78 is 1.72. The van der Waals surface area contributed by atoms with Crippen molar-refractivity contribution in [2.24, 2.45) is 0 Å². The molecule has 3 rings (SSSR count). The van der Waals surface area contributed by atoms with Crippen molar-refractivity contribution in [1.82, 2.24) is 30.3 Å². The lowest BCUT2D eigenvalue weighted by Gasteiger charge is -2.35. The van der Waals surface area contributed by atoms with Gasteiger partial charge in [-0.25, -0.2) is 0 Å². The molecule has 1 aliphatic heterocycles. The predicted octanol–water partition coefficient (Wildman–Crippen LogP) is 0.320. The topological polar surface area (TPSA) is 92.2 Å². The highest BCUT2D eigenvalue weighted by Gasteiger charge is 2.32. The molecule has 0 radical (unpaired) electrons. The molecule has 144 valence electrons. The van der Waals surface area contributed by atoms with E-state index in [-0.39, 0.29) is 18.4 Å². The first-order valence-corrected chi connectivity index (χ1v) is 9.15. The minimum Gasteiger partial charge on any atom is -0.349 e. The van der Waals surface area contributed by atoms with Gasteiger partial charge in [0, 0.05) is 31.5 Å². The van der Waals surface area contributed by atoms with Crippen LogP contribution in [-0.4, -0.2) is 57.2 Å². The third-order valence-corrected chi connectivity index (χ3v) is 5.06. The molecule has 2 aromatic rings. The predicted molar refractivity (Wildman–Crippen MR) is 101 cm³/mol. The van der Waals surface area contributed by atoms with Gasteiger partial charge in [0.05, 0.1) is 17.9 Å². The second-order valence-corrected chi connectivity index (χ2v) is 6.80. The van der Waals surface area contributed by atoms with Crippen molar-refractivity contribution in [3.05, 3.63) is 47.0 Å². The Bertz CT molecular complexity index is 817. The molecule has 8 nitrogen and oxygen atoms in total. The average Bonchev–Trinajstić information content (AvgIpc) is 2.93. The summed E-state index contributed by atoms with van der Waals surface area (Å²) in [5.41, 5.74) is 3.77. The maximum Gasteiger partial charge on any atom is 0.245 e. The standard InChI is InChI=1S/C19H26N6O2/c1-13-14(2)23-25(15(13)3)12-18(26)24-9-8-20-11-17(24)19(27)22-10-16-6-4-5-7-21-16/h4-7,17,20H,8-12H2,1-3H3,(H,22,27). The number of aromatic nitrogens is 3. The van der Waals surface area contributed by atoms with Gasteiger partial charge in [-0.05, 0) is 38.5 Å². The molecular weight excluding hydrogens is 344 g/mol. The molecule has 1 aliphatic rings. The second-order valence-electron chi connectivity index (χ2n) is 6.80. The van der Waals surface area contributed by atoms with Gasteiger partial charge < -0.3 is 15.5 Å². The maximum absolute atomic E-state index is 12.9. The van der Waals surface area contributed by atoms with E-state index in [1.54, 1.807) is 15.8 Å². The first-order chi connectivity index (χ1) is 13.0. The summed E-state index contributed by atoms with van der Waals surface area (Å²) >= 11 is 0. The largest absolute Gasteiger partial charge is 0.349 e. The molecule has 0 aromatic carbocycles. The smallest absolute Gasteiger partial charge is 0.245 e. The fourth-order valence-electron chi connectivity index (χ4n) is 3.19. The number of carbonyl (C=O) groups is 2. The number of rotatable bonds is 5. The number of aryl methyl sites for hydroxylation is 1. The molecule has 0 bridgehead atoms. The Kier molecular flexibility index (Phi) is 5.85. The van der Waals surface area contributed by atoms with Gasteiger partial charge >= 0.3 is 0 Å². The zero-order chi connectivity index (χ0) is 19.4. The number of carbonyl (C=O) groups excluding carboxylic acids is 2. The number of nitrogens with zero attached hydrogens (tertiary/aromatic N) is 4. The number of hydrogen-bond donors (Lipinski definition) is 2. The molecule has 2 N–H and O–H groups in total. The minimum absolute atomic E-state index is 0.0971. The second kappa shape index (κ2) is 8.30. The first kappa shape index (κ1) is 19.0. The molecule has 2 amide bonds. The monoisotopic (exact) mass is 370 g/mol. The number of hydrogen-bond acceptors (Lipinski definition) is 5. The van der Waals surface area contributed by atoms with Gasteiger partial charge in [-0.2, -0.15) is 5.10 Å². The van der Waals surface area contributed by atoms with E-state index in [4.69, 9.17) is 0 Å². The van der Waals surface area contributed by atoms with Crippen molar-refractivity contribution in [2.75, 3.05) is 19.6 Å². The van der Waals surface area contributed by atoms with Crippen LogP contribution in [0.4, 0.5) is 0 Å². The van der Waals surface area contributed by atoms with Crippen molar-refractivity contribution in [3.63, 3.8) is 0 Å². The fourth-order valence-corrected chi connectivity index (χ4v) is 3.19. The summed E-state index contributed by atoms with van der Waals surface area (Å²) in [6, 6.07) is 5.03. The van der Waals surface area contributed by atoms with Crippen LogP contribution in [0.15, 0.2) is 24.4 Å². The van der Waals surface area contributed by atoms with Crippen molar-refractivity contribution in [1.29, 1.82) is 0 Å². The van der Waals surface area contributed by atoms with Gasteiger partial charge in [-0.15, -0.1) is 0 Å². The molecule has 0 saturated carbocycles. The fraction of sp³-hybridized carbons (Fsp3) is 0.474. The van der Waals surface area contributed by atoms with Crippen molar-refractivity contribution in [3.8, 4) is 0 Å². The lowest BCUT2D eigenvalue weighted by molar-refractivity contribution is -0.142. The van der Waals surface area contributed by atoms with Crippen molar-refractivity contribution >= 4 is 11.8 Å². The van der Waals surface area contributed by atoms with E-state index in [1.807, 2.05) is 39.0 Å².